The highest BCUT2D eigenvalue weighted by molar-refractivity contribution is 8.14. The van der Waals surface area contributed by atoms with Crippen LogP contribution < -0.4 is 0 Å². The second-order valence-corrected chi connectivity index (χ2v) is 9.31. The summed E-state index contributed by atoms with van der Waals surface area (Å²) >= 11 is 1.89. The van der Waals surface area contributed by atoms with Crippen molar-refractivity contribution in [3.63, 3.8) is 0 Å². The third-order valence-corrected chi connectivity index (χ3v) is 7.00. The summed E-state index contributed by atoms with van der Waals surface area (Å²) in [6, 6.07) is 12.9. The van der Waals surface area contributed by atoms with Crippen molar-refractivity contribution in [2.75, 3.05) is 6.54 Å². The Morgan fingerprint density at radius 3 is 2.69 bits per heavy atom. The maximum absolute atomic E-state index is 5.12. The second kappa shape index (κ2) is 7.34. The van der Waals surface area contributed by atoms with Crippen LogP contribution in [0.2, 0.25) is 0 Å². The molecule has 2 aliphatic rings. The third kappa shape index (κ3) is 3.25. The van der Waals surface area contributed by atoms with Gasteiger partial charge in [0.2, 0.25) is 0 Å². The van der Waals surface area contributed by atoms with Crippen LogP contribution in [0.15, 0.2) is 60.0 Å². The van der Waals surface area contributed by atoms with Crippen LogP contribution in [0.5, 0.6) is 0 Å². The number of amidine groups is 1. The van der Waals surface area contributed by atoms with Gasteiger partial charge in [-0.2, -0.15) is 0 Å². The summed E-state index contributed by atoms with van der Waals surface area (Å²) in [7, 11) is 0. The van der Waals surface area contributed by atoms with Gasteiger partial charge in [0.15, 0.2) is 5.17 Å². The van der Waals surface area contributed by atoms with Crippen molar-refractivity contribution in [3.05, 3.63) is 83.2 Å². The second-order valence-electron chi connectivity index (χ2n) is 7.90. The Bertz CT molecular complexity index is 1040. The lowest BCUT2D eigenvalue weighted by molar-refractivity contribution is 0.320. The van der Waals surface area contributed by atoms with Crippen molar-refractivity contribution in [1.29, 1.82) is 0 Å². The van der Waals surface area contributed by atoms with Gasteiger partial charge in [-0.3, -0.25) is 15.0 Å². The van der Waals surface area contributed by atoms with Gasteiger partial charge in [-0.1, -0.05) is 24.8 Å². The van der Waals surface area contributed by atoms with Crippen LogP contribution in [-0.4, -0.2) is 36.4 Å². The molecule has 3 aromatic heterocycles. The molecular formula is C23H25N5S. The van der Waals surface area contributed by atoms with Crippen LogP contribution in [-0.2, 0) is 6.54 Å². The molecule has 0 N–H and O–H groups in total. The summed E-state index contributed by atoms with van der Waals surface area (Å²) in [5.74, 6) is 0. The molecule has 1 fully saturated rings. The van der Waals surface area contributed by atoms with Crippen molar-refractivity contribution >= 4 is 16.9 Å². The Labute approximate surface area is 175 Å². The van der Waals surface area contributed by atoms with Gasteiger partial charge in [0, 0.05) is 48.3 Å². The molecule has 0 bridgehead atoms. The molecule has 0 spiro atoms. The average molecular weight is 404 g/mol. The van der Waals surface area contributed by atoms with Crippen LogP contribution in [0.1, 0.15) is 47.2 Å². The molecule has 1 saturated heterocycles. The molecule has 0 saturated carbocycles. The first-order valence-electron chi connectivity index (χ1n) is 10.1. The number of aromatic nitrogens is 3. The van der Waals surface area contributed by atoms with Crippen LogP contribution in [0.4, 0.5) is 0 Å². The number of thioether (sulfide) groups is 1. The van der Waals surface area contributed by atoms with E-state index in [-0.39, 0.29) is 12.1 Å². The molecule has 3 atom stereocenters. The van der Waals surface area contributed by atoms with E-state index in [1.54, 1.807) is 0 Å². The van der Waals surface area contributed by atoms with Gasteiger partial charge < -0.3 is 9.47 Å². The largest absolute Gasteiger partial charge is 0.344 e. The average Bonchev–Trinajstić information content (AvgIpc) is 3.35. The Hall–Kier alpha value is -2.60. The van der Waals surface area contributed by atoms with E-state index in [4.69, 9.17) is 4.99 Å². The standard InChI is InChI=1S/C23H25N5S/c1-15-12-19(17(3)27(15)14-18-7-10-24-11-8-18)22-21(20-6-4-5-9-25-20)26-23-28(22)13-16(2)29-23/h4-12,16,21-22H,13-14H2,1-3H3/t16-,21-,22-/m0/s1. The Morgan fingerprint density at radius 2 is 1.93 bits per heavy atom. The fraction of sp³-hybridized carbons (Fsp3) is 0.348. The van der Waals surface area contributed by atoms with Gasteiger partial charge in [-0.25, -0.2) is 0 Å². The summed E-state index contributed by atoms with van der Waals surface area (Å²) in [6.07, 6.45) is 5.60. The molecule has 5 heterocycles. The lowest BCUT2D eigenvalue weighted by atomic mass is 9.96. The lowest BCUT2D eigenvalue weighted by Gasteiger charge is -2.27. The zero-order valence-electron chi connectivity index (χ0n) is 17.0. The normalized spacial score (nSPS) is 23.3. The third-order valence-electron chi connectivity index (χ3n) is 5.90. The number of aliphatic imine (C=N–C) groups is 1. The zero-order valence-corrected chi connectivity index (χ0v) is 17.8. The zero-order chi connectivity index (χ0) is 20.0. The highest BCUT2D eigenvalue weighted by Crippen LogP contribution is 2.48. The summed E-state index contributed by atoms with van der Waals surface area (Å²) in [5.41, 5.74) is 6.27. The van der Waals surface area contributed by atoms with Crippen LogP contribution in [0.25, 0.3) is 0 Å². The van der Waals surface area contributed by atoms with E-state index < -0.39 is 0 Å². The predicted molar refractivity (Wildman–Crippen MR) is 118 cm³/mol. The fourth-order valence-electron chi connectivity index (χ4n) is 4.50. The molecule has 5 rings (SSSR count). The topological polar surface area (TPSA) is 46.3 Å². The van der Waals surface area contributed by atoms with E-state index >= 15 is 0 Å². The maximum atomic E-state index is 5.12. The maximum Gasteiger partial charge on any atom is 0.160 e. The number of fused-ring (bicyclic) bond motifs is 1. The molecule has 2 aliphatic heterocycles. The van der Waals surface area contributed by atoms with Gasteiger partial charge >= 0.3 is 0 Å². The summed E-state index contributed by atoms with van der Waals surface area (Å²) in [4.78, 5) is 16.4. The summed E-state index contributed by atoms with van der Waals surface area (Å²) in [6.45, 7) is 8.62. The van der Waals surface area contributed by atoms with E-state index in [0.717, 1.165) is 24.0 Å². The van der Waals surface area contributed by atoms with E-state index in [9.17, 15) is 0 Å². The molecule has 0 amide bonds. The van der Waals surface area contributed by atoms with Crippen molar-refractivity contribution in [2.24, 2.45) is 4.99 Å². The highest BCUT2D eigenvalue weighted by atomic mass is 32.2. The molecule has 0 aromatic carbocycles. The molecule has 29 heavy (non-hydrogen) atoms. The molecule has 0 aliphatic carbocycles. The molecule has 148 valence electrons. The van der Waals surface area contributed by atoms with Crippen molar-refractivity contribution < 1.29 is 0 Å². The van der Waals surface area contributed by atoms with Gasteiger partial charge in [-0.05, 0) is 55.3 Å². The molecule has 0 unspecified atom stereocenters. The minimum atomic E-state index is 0.0427. The van der Waals surface area contributed by atoms with Gasteiger partial charge in [0.25, 0.3) is 0 Å². The summed E-state index contributed by atoms with van der Waals surface area (Å²) < 4.78 is 2.41. The van der Waals surface area contributed by atoms with Crippen LogP contribution in [0, 0.1) is 13.8 Å². The molecule has 5 nitrogen and oxygen atoms in total. The molecule has 3 aromatic rings. The Morgan fingerprint density at radius 1 is 1.10 bits per heavy atom. The van der Waals surface area contributed by atoms with Gasteiger partial charge in [-0.15, -0.1) is 0 Å². The first-order chi connectivity index (χ1) is 14.1. The quantitative estimate of drug-likeness (QED) is 0.642. The first-order valence-corrected chi connectivity index (χ1v) is 11.0. The smallest absolute Gasteiger partial charge is 0.160 e. The minimum Gasteiger partial charge on any atom is -0.344 e. The predicted octanol–water partition coefficient (Wildman–Crippen LogP) is 4.53. The van der Waals surface area contributed by atoms with Crippen LogP contribution >= 0.6 is 11.8 Å². The summed E-state index contributed by atoms with van der Waals surface area (Å²) in [5, 5.41) is 1.73. The number of hydrogen-bond donors (Lipinski definition) is 0. The Kier molecular flexibility index (Phi) is 4.66. The van der Waals surface area contributed by atoms with Crippen molar-refractivity contribution in [1.82, 2.24) is 19.4 Å². The van der Waals surface area contributed by atoms with Gasteiger partial charge in [0.05, 0.1) is 11.7 Å². The highest BCUT2D eigenvalue weighted by Gasteiger charge is 2.44. The minimum absolute atomic E-state index is 0.0427. The Balaban J connectivity index is 1.55. The van der Waals surface area contributed by atoms with Crippen molar-refractivity contribution in [2.45, 2.75) is 44.6 Å². The monoisotopic (exact) mass is 403 g/mol. The lowest BCUT2D eigenvalue weighted by Crippen LogP contribution is -2.29. The number of nitrogens with zero attached hydrogens (tertiary/aromatic N) is 5. The number of pyridine rings is 2. The first kappa shape index (κ1) is 18.4. The number of rotatable bonds is 4. The fourth-order valence-corrected chi connectivity index (χ4v) is 5.59. The van der Waals surface area contributed by atoms with Crippen LogP contribution in [0.3, 0.4) is 0 Å². The van der Waals surface area contributed by atoms with E-state index in [1.165, 1.54) is 22.5 Å². The molecule has 6 heteroatoms. The number of hydrogen-bond acceptors (Lipinski definition) is 5. The van der Waals surface area contributed by atoms with E-state index in [1.807, 2.05) is 36.4 Å². The number of aryl methyl sites for hydroxylation is 1. The van der Waals surface area contributed by atoms with Gasteiger partial charge in [0.1, 0.15) is 6.04 Å². The molecule has 0 radical (unpaired) electrons. The molecular weight excluding hydrogens is 378 g/mol. The van der Waals surface area contributed by atoms with E-state index in [2.05, 4.69) is 70.5 Å². The van der Waals surface area contributed by atoms with E-state index in [0.29, 0.717) is 5.25 Å². The SMILES string of the molecule is Cc1cc([C@H]2[C@H](c3ccccn3)N=C3S[C@@H](C)CN32)c(C)n1Cc1ccncc1. The van der Waals surface area contributed by atoms with Crippen molar-refractivity contribution in [3.8, 4) is 0 Å².